The molecule has 1 fully saturated rings. The molecule has 1 aliphatic carbocycles. The van der Waals surface area contributed by atoms with Gasteiger partial charge in [-0.1, -0.05) is 13.0 Å². The smallest absolute Gasteiger partial charge is 0.157 e. The van der Waals surface area contributed by atoms with Gasteiger partial charge in [0.25, 0.3) is 0 Å². The lowest BCUT2D eigenvalue weighted by Gasteiger charge is -2.43. The molecule has 1 aromatic carbocycles. The number of halogens is 1. The molecule has 0 aromatic heterocycles. The van der Waals surface area contributed by atoms with Crippen molar-refractivity contribution < 1.29 is 9.18 Å². The summed E-state index contributed by atoms with van der Waals surface area (Å²) in [6.07, 6.45) is 4.33. The summed E-state index contributed by atoms with van der Waals surface area (Å²) >= 11 is 0. The number of benzene rings is 1. The maximum atomic E-state index is 13.4. The van der Waals surface area contributed by atoms with Crippen LogP contribution in [0.3, 0.4) is 0 Å². The van der Waals surface area contributed by atoms with Gasteiger partial charge in [0.2, 0.25) is 0 Å². The molecular weight excluding hydrogens is 265 g/mol. The van der Waals surface area contributed by atoms with Gasteiger partial charge in [0, 0.05) is 6.42 Å². The minimum atomic E-state index is -0.370. The van der Waals surface area contributed by atoms with Gasteiger partial charge in [-0.2, -0.15) is 0 Å². The average Bonchev–Trinajstić information content (AvgIpc) is 2.43. The van der Waals surface area contributed by atoms with E-state index in [2.05, 4.69) is 11.8 Å². The van der Waals surface area contributed by atoms with Crippen LogP contribution in [0.4, 0.5) is 4.39 Å². The van der Waals surface area contributed by atoms with E-state index in [4.69, 9.17) is 0 Å². The predicted molar refractivity (Wildman–Crippen MR) is 83.9 cm³/mol. The minimum Gasteiger partial charge on any atom is -0.297 e. The van der Waals surface area contributed by atoms with E-state index in [9.17, 15) is 9.18 Å². The molecule has 1 aliphatic rings. The summed E-state index contributed by atoms with van der Waals surface area (Å²) in [4.78, 5) is 15.0. The quantitative estimate of drug-likeness (QED) is 0.842. The molecule has 0 unspecified atom stereocenters. The molecule has 1 aromatic rings. The number of hydrogen-bond acceptors (Lipinski definition) is 2. The van der Waals surface area contributed by atoms with Crippen LogP contribution in [-0.2, 0) is 11.2 Å². The first-order valence-electron chi connectivity index (χ1n) is 7.81. The number of aryl methyl sites for hydroxylation is 1. The highest BCUT2D eigenvalue weighted by Crippen LogP contribution is 2.36. The summed E-state index contributed by atoms with van der Waals surface area (Å²) in [6.45, 7) is 4.19. The van der Waals surface area contributed by atoms with Gasteiger partial charge in [-0.05, 0) is 75.9 Å². The van der Waals surface area contributed by atoms with Crippen molar-refractivity contribution in [3.05, 3.63) is 35.1 Å². The Bertz CT molecular complexity index is 516. The second kappa shape index (κ2) is 6.27. The third-order valence-corrected chi connectivity index (χ3v) is 5.14. The van der Waals surface area contributed by atoms with Gasteiger partial charge >= 0.3 is 0 Å². The Morgan fingerprint density at radius 2 is 1.95 bits per heavy atom. The number of likely N-dealkylation sites (N-methyl/N-ethyl adjacent to an activating group) is 1. The molecule has 2 rings (SSSR count). The summed E-state index contributed by atoms with van der Waals surface area (Å²) in [5, 5.41) is 0. The molecule has 21 heavy (non-hydrogen) atoms. The van der Waals surface area contributed by atoms with Gasteiger partial charge in [0.1, 0.15) is 5.82 Å². The van der Waals surface area contributed by atoms with E-state index in [-0.39, 0.29) is 17.1 Å². The van der Waals surface area contributed by atoms with E-state index in [1.807, 2.05) is 21.0 Å². The molecule has 0 radical (unpaired) electrons. The Labute approximate surface area is 127 Å². The lowest BCUT2D eigenvalue weighted by molar-refractivity contribution is -0.131. The first-order valence-corrected chi connectivity index (χ1v) is 7.81. The number of carbonyl (C=O) groups is 1. The van der Waals surface area contributed by atoms with Gasteiger partial charge in [-0.25, -0.2) is 4.39 Å². The van der Waals surface area contributed by atoms with E-state index < -0.39 is 0 Å². The zero-order valence-corrected chi connectivity index (χ0v) is 13.6. The van der Waals surface area contributed by atoms with Crippen LogP contribution in [-0.4, -0.2) is 30.3 Å². The van der Waals surface area contributed by atoms with Crippen LogP contribution in [0.25, 0.3) is 0 Å². The molecule has 0 spiro atoms. The van der Waals surface area contributed by atoms with Crippen molar-refractivity contribution in [2.75, 3.05) is 14.1 Å². The van der Waals surface area contributed by atoms with Gasteiger partial charge in [0.15, 0.2) is 5.78 Å². The first-order chi connectivity index (χ1) is 9.85. The summed E-state index contributed by atoms with van der Waals surface area (Å²) in [5.41, 5.74) is 1.44. The SMILES string of the molecule is Cc1ccc(F)cc1CC(=O)C1(N(C)C)CCC(C)CC1. The lowest BCUT2D eigenvalue weighted by Crippen LogP contribution is -2.53. The standard InChI is InChI=1S/C18H26FNO/c1-13-7-9-18(10-8-13,20(3)4)17(21)12-15-11-16(19)6-5-14(15)2/h5-6,11,13H,7-10,12H2,1-4H3. The fourth-order valence-electron chi connectivity index (χ4n) is 3.38. The van der Waals surface area contributed by atoms with Crippen molar-refractivity contribution in [3.63, 3.8) is 0 Å². The molecule has 0 saturated heterocycles. The van der Waals surface area contributed by atoms with Gasteiger partial charge in [-0.3, -0.25) is 9.69 Å². The number of nitrogens with zero attached hydrogens (tertiary/aromatic N) is 1. The molecule has 0 bridgehead atoms. The number of carbonyl (C=O) groups excluding carboxylic acids is 1. The minimum absolute atomic E-state index is 0.230. The van der Waals surface area contributed by atoms with E-state index in [1.165, 1.54) is 12.1 Å². The Morgan fingerprint density at radius 1 is 1.33 bits per heavy atom. The molecule has 3 heteroatoms. The van der Waals surface area contributed by atoms with Crippen molar-refractivity contribution >= 4 is 5.78 Å². The maximum Gasteiger partial charge on any atom is 0.157 e. The van der Waals surface area contributed by atoms with E-state index in [1.54, 1.807) is 6.07 Å². The highest BCUT2D eigenvalue weighted by molar-refractivity contribution is 5.90. The Morgan fingerprint density at radius 3 is 2.52 bits per heavy atom. The van der Waals surface area contributed by atoms with Gasteiger partial charge in [-0.15, -0.1) is 0 Å². The van der Waals surface area contributed by atoms with Crippen LogP contribution < -0.4 is 0 Å². The highest BCUT2D eigenvalue weighted by Gasteiger charge is 2.42. The Hall–Kier alpha value is -1.22. The summed E-state index contributed by atoms with van der Waals surface area (Å²) in [5.74, 6) is 0.662. The van der Waals surface area contributed by atoms with Crippen LogP contribution >= 0.6 is 0 Å². The fourth-order valence-corrected chi connectivity index (χ4v) is 3.38. The summed E-state index contributed by atoms with van der Waals surface area (Å²) in [7, 11) is 3.98. The largest absolute Gasteiger partial charge is 0.297 e. The van der Waals surface area contributed by atoms with E-state index in [0.717, 1.165) is 36.8 Å². The Kier molecular flexibility index (Phi) is 4.82. The molecule has 0 atom stereocenters. The van der Waals surface area contributed by atoms with Gasteiger partial charge in [0.05, 0.1) is 5.54 Å². The maximum absolute atomic E-state index is 13.4. The second-order valence-corrected chi connectivity index (χ2v) is 6.78. The monoisotopic (exact) mass is 291 g/mol. The lowest BCUT2D eigenvalue weighted by atomic mass is 9.72. The normalized spacial score (nSPS) is 26.1. The number of hydrogen-bond donors (Lipinski definition) is 0. The number of Topliss-reactive ketones (excluding diaryl/α,β-unsaturated/α-hetero) is 1. The molecule has 2 nitrogen and oxygen atoms in total. The molecule has 0 aliphatic heterocycles. The predicted octanol–water partition coefficient (Wildman–Crippen LogP) is 3.76. The number of rotatable bonds is 4. The molecular formula is C18H26FNO. The zero-order valence-electron chi connectivity index (χ0n) is 13.6. The van der Waals surface area contributed by atoms with Crippen LogP contribution in [0.15, 0.2) is 18.2 Å². The van der Waals surface area contributed by atoms with Crippen molar-refractivity contribution in [1.29, 1.82) is 0 Å². The van der Waals surface area contributed by atoms with Crippen LogP contribution in [0.1, 0.15) is 43.7 Å². The van der Waals surface area contributed by atoms with Crippen LogP contribution in [0, 0.1) is 18.7 Å². The zero-order chi connectivity index (χ0) is 15.6. The highest BCUT2D eigenvalue weighted by atomic mass is 19.1. The Balaban J connectivity index is 2.22. The van der Waals surface area contributed by atoms with Crippen LogP contribution in [0.5, 0.6) is 0 Å². The molecule has 0 N–H and O–H groups in total. The molecule has 0 heterocycles. The third kappa shape index (κ3) is 3.34. The topological polar surface area (TPSA) is 20.3 Å². The molecule has 1 saturated carbocycles. The summed E-state index contributed by atoms with van der Waals surface area (Å²) < 4.78 is 13.4. The van der Waals surface area contributed by atoms with Crippen molar-refractivity contribution in [2.24, 2.45) is 5.92 Å². The number of ketones is 1. The molecule has 116 valence electrons. The van der Waals surface area contributed by atoms with Crippen molar-refractivity contribution in [3.8, 4) is 0 Å². The first kappa shape index (κ1) is 16.2. The van der Waals surface area contributed by atoms with Gasteiger partial charge < -0.3 is 0 Å². The van der Waals surface area contributed by atoms with Crippen LogP contribution in [0.2, 0.25) is 0 Å². The van der Waals surface area contributed by atoms with E-state index in [0.29, 0.717) is 12.3 Å². The average molecular weight is 291 g/mol. The summed E-state index contributed by atoms with van der Waals surface area (Å²) in [6, 6.07) is 4.71. The van der Waals surface area contributed by atoms with Crippen molar-refractivity contribution in [2.45, 2.75) is 51.5 Å². The van der Waals surface area contributed by atoms with Crippen molar-refractivity contribution in [1.82, 2.24) is 4.90 Å². The third-order valence-electron chi connectivity index (χ3n) is 5.14. The molecule has 0 amide bonds. The second-order valence-electron chi connectivity index (χ2n) is 6.78. The fraction of sp³-hybridized carbons (Fsp3) is 0.611. The van der Waals surface area contributed by atoms with E-state index >= 15 is 0 Å².